The molecule has 0 bridgehead atoms. The Hall–Kier alpha value is -5.38. The van der Waals surface area contributed by atoms with Gasteiger partial charge in [0.2, 0.25) is 5.91 Å². The number of benzene rings is 3. The highest BCUT2D eigenvalue weighted by atomic mass is 32.2. The first-order chi connectivity index (χ1) is 23.0. The van der Waals surface area contributed by atoms with Crippen LogP contribution in [0.25, 0.3) is 10.8 Å². The average Bonchev–Trinajstić information content (AvgIpc) is 3.03. The summed E-state index contributed by atoms with van der Waals surface area (Å²) in [5.74, 6) is -4.32. The molecular formula is C33H34F3N5O7S. The van der Waals surface area contributed by atoms with Gasteiger partial charge in [-0.15, -0.1) is 0 Å². The molecule has 0 radical (unpaired) electrons. The highest BCUT2D eigenvalue weighted by molar-refractivity contribution is 7.91. The van der Waals surface area contributed by atoms with Gasteiger partial charge in [0, 0.05) is 49.0 Å². The summed E-state index contributed by atoms with van der Waals surface area (Å²) in [6, 6.07) is 15.4. The monoisotopic (exact) mass is 701 g/mol. The second kappa shape index (κ2) is 14.4. The average molecular weight is 702 g/mol. The van der Waals surface area contributed by atoms with Crippen molar-refractivity contribution in [1.29, 1.82) is 0 Å². The minimum absolute atomic E-state index is 0.0387. The van der Waals surface area contributed by atoms with Gasteiger partial charge in [-0.2, -0.15) is 13.2 Å². The maximum absolute atomic E-state index is 14.6. The van der Waals surface area contributed by atoms with E-state index < -0.39 is 46.1 Å². The lowest BCUT2D eigenvalue weighted by atomic mass is 9.98. The van der Waals surface area contributed by atoms with Crippen LogP contribution in [0.4, 0.5) is 30.4 Å². The third kappa shape index (κ3) is 8.20. The first-order valence-electron chi connectivity index (χ1n) is 14.9. The summed E-state index contributed by atoms with van der Waals surface area (Å²) in [6.07, 6.45) is -4.11. The number of carbonyl (C=O) groups excluding carboxylic acids is 3. The molecule has 4 rings (SSSR count). The normalized spacial score (nSPS) is 12.9. The van der Waals surface area contributed by atoms with Crippen molar-refractivity contribution < 1.29 is 45.4 Å². The molecule has 2 amide bonds. The SMILES string of the molecule is CCOc1cccc(C(Nc2ccc3c(N)nccc3c2)(OC(=O)C(F)(F)F)C(=O)N(C)Cc2cc(NC(C)=O)ccc2S(=O)(=O)CC)c1. The third-order valence-corrected chi connectivity index (χ3v) is 9.12. The number of hydrogen-bond donors (Lipinski definition) is 3. The number of alkyl halides is 3. The number of carbonyl (C=O) groups is 3. The van der Waals surface area contributed by atoms with Crippen molar-refractivity contribution in [3.8, 4) is 5.75 Å². The van der Waals surface area contributed by atoms with Gasteiger partial charge in [-0.3, -0.25) is 9.59 Å². The van der Waals surface area contributed by atoms with E-state index in [1.165, 1.54) is 87.8 Å². The van der Waals surface area contributed by atoms with Crippen molar-refractivity contribution in [1.82, 2.24) is 9.88 Å². The molecule has 260 valence electrons. The molecule has 1 heterocycles. The van der Waals surface area contributed by atoms with Crippen LogP contribution in [-0.4, -0.2) is 61.7 Å². The Morgan fingerprint density at radius 1 is 0.980 bits per heavy atom. The summed E-state index contributed by atoms with van der Waals surface area (Å²) in [7, 11) is -2.69. The standard InChI is InChI=1S/C33H34F3N5O7S/c1-5-47-26-9-7-8-23(18-26)32(48-31(44)33(34,35)36,40-25-10-12-27-21(16-25)14-15-38-29(27)37)30(43)41(4)19-22-17-24(39-20(3)42)11-13-28(22)49(45,46)6-2/h7-18,40H,5-6,19H2,1-4H3,(H2,37,38)(H,39,42). The number of likely N-dealkylation sites (N-methyl/N-ethyl adjacent to an activating group) is 1. The molecule has 4 N–H and O–H groups in total. The Morgan fingerprint density at radius 2 is 1.69 bits per heavy atom. The van der Waals surface area contributed by atoms with E-state index in [0.29, 0.717) is 10.8 Å². The molecule has 4 aromatic rings. The summed E-state index contributed by atoms with van der Waals surface area (Å²) in [4.78, 5) is 43.8. The molecule has 1 unspecified atom stereocenters. The topological polar surface area (TPSA) is 170 Å². The fourth-order valence-electron chi connectivity index (χ4n) is 5.07. The molecule has 49 heavy (non-hydrogen) atoms. The number of aromatic nitrogens is 1. The highest BCUT2D eigenvalue weighted by Gasteiger charge is 2.53. The molecule has 1 aromatic heterocycles. The molecule has 0 aliphatic heterocycles. The fraction of sp³-hybridized carbons (Fsp3) is 0.273. The van der Waals surface area contributed by atoms with Crippen LogP contribution < -0.4 is 21.1 Å². The predicted molar refractivity (Wildman–Crippen MR) is 176 cm³/mol. The lowest BCUT2D eigenvalue weighted by molar-refractivity contribution is -0.215. The molecule has 0 aliphatic carbocycles. The van der Waals surface area contributed by atoms with E-state index in [4.69, 9.17) is 15.2 Å². The molecule has 12 nitrogen and oxygen atoms in total. The van der Waals surface area contributed by atoms with E-state index in [-0.39, 0.29) is 51.3 Å². The van der Waals surface area contributed by atoms with Gasteiger partial charge in [0.05, 0.1) is 17.3 Å². The van der Waals surface area contributed by atoms with Gasteiger partial charge in [-0.1, -0.05) is 19.1 Å². The fourth-order valence-corrected chi connectivity index (χ4v) is 6.18. The van der Waals surface area contributed by atoms with Crippen molar-refractivity contribution in [3.05, 3.63) is 84.1 Å². The van der Waals surface area contributed by atoms with Crippen molar-refractivity contribution in [2.45, 2.75) is 44.1 Å². The first-order valence-corrected chi connectivity index (χ1v) is 16.5. The quantitative estimate of drug-likeness (QED) is 0.135. The number of nitrogen functional groups attached to an aromatic ring is 1. The minimum atomic E-state index is -5.53. The highest BCUT2D eigenvalue weighted by Crippen LogP contribution is 2.37. The Kier molecular flexibility index (Phi) is 10.7. The number of nitrogens with zero attached hydrogens (tertiary/aromatic N) is 2. The van der Waals surface area contributed by atoms with Crippen LogP contribution in [0.5, 0.6) is 5.75 Å². The third-order valence-electron chi connectivity index (χ3n) is 7.30. The first kappa shape index (κ1) is 36.5. The molecular weight excluding hydrogens is 667 g/mol. The predicted octanol–water partition coefficient (Wildman–Crippen LogP) is 5.00. The van der Waals surface area contributed by atoms with Crippen molar-refractivity contribution >= 4 is 55.6 Å². The van der Waals surface area contributed by atoms with Gasteiger partial charge in [0.1, 0.15) is 11.6 Å². The minimum Gasteiger partial charge on any atom is -0.494 e. The van der Waals surface area contributed by atoms with Gasteiger partial charge < -0.3 is 30.7 Å². The summed E-state index contributed by atoms with van der Waals surface area (Å²) in [5.41, 5.74) is 3.14. The van der Waals surface area contributed by atoms with E-state index in [2.05, 4.69) is 15.6 Å². The van der Waals surface area contributed by atoms with Gasteiger partial charge in [0.15, 0.2) is 9.84 Å². The number of fused-ring (bicyclic) bond motifs is 1. The van der Waals surface area contributed by atoms with Crippen molar-refractivity contribution in [3.63, 3.8) is 0 Å². The van der Waals surface area contributed by atoms with Gasteiger partial charge in [-0.25, -0.2) is 18.2 Å². The van der Waals surface area contributed by atoms with E-state index in [9.17, 15) is 36.0 Å². The number of rotatable bonds is 12. The maximum atomic E-state index is 14.6. The molecule has 0 saturated carbocycles. The second-order valence-electron chi connectivity index (χ2n) is 10.9. The molecule has 0 spiro atoms. The van der Waals surface area contributed by atoms with E-state index in [0.717, 1.165) is 4.90 Å². The summed E-state index contributed by atoms with van der Waals surface area (Å²) in [6.45, 7) is 4.00. The number of anilines is 3. The number of amides is 2. The summed E-state index contributed by atoms with van der Waals surface area (Å²) < 4.78 is 78.4. The number of nitrogens with two attached hydrogens (primary N) is 1. The number of esters is 1. The van der Waals surface area contributed by atoms with Crippen LogP contribution in [0.2, 0.25) is 0 Å². The molecule has 0 saturated heterocycles. The van der Waals surface area contributed by atoms with E-state index >= 15 is 0 Å². The number of ether oxygens (including phenoxy) is 2. The number of hydrogen-bond acceptors (Lipinski definition) is 10. The summed E-state index contributed by atoms with van der Waals surface area (Å²) >= 11 is 0. The van der Waals surface area contributed by atoms with Gasteiger partial charge in [0.25, 0.3) is 11.6 Å². The van der Waals surface area contributed by atoms with Gasteiger partial charge >= 0.3 is 12.1 Å². The smallest absolute Gasteiger partial charge is 0.491 e. The van der Waals surface area contributed by atoms with Crippen LogP contribution in [0, 0.1) is 0 Å². The number of halogens is 3. The lowest BCUT2D eigenvalue weighted by Gasteiger charge is -2.37. The van der Waals surface area contributed by atoms with Crippen molar-refractivity contribution in [2.75, 3.05) is 35.8 Å². The van der Waals surface area contributed by atoms with Crippen LogP contribution in [0.3, 0.4) is 0 Å². The number of pyridine rings is 1. The zero-order valence-corrected chi connectivity index (χ0v) is 27.7. The van der Waals surface area contributed by atoms with Crippen molar-refractivity contribution in [2.24, 2.45) is 0 Å². The lowest BCUT2D eigenvalue weighted by Crippen LogP contribution is -2.54. The number of sulfone groups is 1. The Bertz CT molecular complexity index is 2010. The largest absolute Gasteiger partial charge is 0.494 e. The number of nitrogens with one attached hydrogen (secondary N) is 2. The molecule has 0 aliphatic rings. The van der Waals surface area contributed by atoms with E-state index in [1.807, 2.05) is 0 Å². The molecule has 0 fully saturated rings. The Morgan fingerprint density at radius 3 is 2.35 bits per heavy atom. The molecule has 16 heteroatoms. The van der Waals surface area contributed by atoms with E-state index in [1.54, 1.807) is 13.0 Å². The van der Waals surface area contributed by atoms with Crippen LogP contribution in [0.1, 0.15) is 31.9 Å². The van der Waals surface area contributed by atoms with Crippen LogP contribution in [-0.2, 0) is 41.2 Å². The zero-order valence-electron chi connectivity index (χ0n) is 26.9. The maximum Gasteiger partial charge on any atom is 0.491 e. The Labute approximate surface area is 280 Å². The zero-order chi connectivity index (χ0) is 36.1. The van der Waals surface area contributed by atoms with Gasteiger partial charge in [-0.05, 0) is 72.5 Å². The van der Waals surface area contributed by atoms with Crippen LogP contribution >= 0.6 is 0 Å². The summed E-state index contributed by atoms with van der Waals surface area (Å²) in [5, 5.41) is 6.28. The Balaban J connectivity index is 1.94. The van der Waals surface area contributed by atoms with Crippen LogP contribution in [0.15, 0.2) is 77.8 Å². The second-order valence-corrected chi connectivity index (χ2v) is 13.1. The molecule has 1 atom stereocenters. The molecule has 3 aromatic carbocycles.